The molecular formula is C25H27N3O2. The molecule has 4 rings (SSSR count). The van der Waals surface area contributed by atoms with Crippen molar-refractivity contribution in [1.82, 2.24) is 9.47 Å². The standard InChI is InChI=1S/C25H27N3O2/c1-3-30-24(29)25(19-9-5-4-6-10-19)13-15-28(16-14-25)18-23-21(17-26)20-11-7-8-12-22(20)27(23)2/h4-12H,3,13-16,18H2,1-2H3. The molecule has 0 amide bonds. The van der Waals surface area contributed by atoms with Crippen LogP contribution in [0.5, 0.6) is 0 Å². The summed E-state index contributed by atoms with van der Waals surface area (Å²) in [7, 11) is 2.02. The highest BCUT2D eigenvalue weighted by Gasteiger charge is 2.44. The number of likely N-dealkylation sites (tertiary alicyclic amines) is 1. The average molecular weight is 402 g/mol. The Bertz CT molecular complexity index is 1090. The summed E-state index contributed by atoms with van der Waals surface area (Å²) in [5.74, 6) is -0.127. The van der Waals surface area contributed by atoms with Crippen molar-refractivity contribution in [1.29, 1.82) is 5.26 Å². The number of aromatic nitrogens is 1. The van der Waals surface area contributed by atoms with Crippen molar-refractivity contribution in [2.75, 3.05) is 19.7 Å². The van der Waals surface area contributed by atoms with Crippen LogP contribution >= 0.6 is 0 Å². The maximum Gasteiger partial charge on any atom is 0.316 e. The van der Waals surface area contributed by atoms with Crippen molar-refractivity contribution in [2.24, 2.45) is 7.05 Å². The lowest BCUT2D eigenvalue weighted by Gasteiger charge is -2.40. The number of hydrogen-bond donors (Lipinski definition) is 0. The zero-order chi connectivity index (χ0) is 21.1. The van der Waals surface area contributed by atoms with Crippen LogP contribution in [0.15, 0.2) is 54.6 Å². The van der Waals surface area contributed by atoms with E-state index in [4.69, 9.17) is 4.74 Å². The molecule has 2 aromatic carbocycles. The zero-order valence-electron chi connectivity index (χ0n) is 17.6. The van der Waals surface area contributed by atoms with Crippen LogP contribution in [0.4, 0.5) is 0 Å². The fourth-order valence-electron chi connectivity index (χ4n) is 4.70. The van der Waals surface area contributed by atoms with Gasteiger partial charge in [0.1, 0.15) is 6.07 Å². The summed E-state index contributed by atoms with van der Waals surface area (Å²) in [4.78, 5) is 15.3. The van der Waals surface area contributed by atoms with E-state index in [1.165, 1.54) is 0 Å². The normalized spacial score (nSPS) is 16.3. The fraction of sp³-hybridized carbons (Fsp3) is 0.360. The summed E-state index contributed by atoms with van der Waals surface area (Å²) < 4.78 is 7.61. The van der Waals surface area contributed by atoms with Gasteiger partial charge in [-0.2, -0.15) is 5.26 Å². The molecule has 0 saturated carbocycles. The van der Waals surface area contributed by atoms with Crippen molar-refractivity contribution in [3.8, 4) is 6.07 Å². The molecule has 1 aliphatic rings. The van der Waals surface area contributed by atoms with E-state index in [2.05, 4.69) is 21.6 Å². The fourth-order valence-corrected chi connectivity index (χ4v) is 4.70. The zero-order valence-corrected chi connectivity index (χ0v) is 17.6. The highest BCUT2D eigenvalue weighted by Crippen LogP contribution is 2.38. The molecule has 5 heteroatoms. The Labute approximate surface area is 177 Å². The van der Waals surface area contributed by atoms with Crippen molar-refractivity contribution < 1.29 is 9.53 Å². The van der Waals surface area contributed by atoms with Crippen molar-refractivity contribution in [2.45, 2.75) is 31.7 Å². The lowest BCUT2D eigenvalue weighted by Crippen LogP contribution is -2.48. The number of carbonyl (C=O) groups is 1. The monoisotopic (exact) mass is 401 g/mol. The van der Waals surface area contributed by atoms with Crippen LogP contribution in [0.1, 0.15) is 36.6 Å². The Balaban J connectivity index is 1.59. The summed E-state index contributed by atoms with van der Waals surface area (Å²) in [5, 5.41) is 10.8. The maximum atomic E-state index is 13.0. The smallest absolute Gasteiger partial charge is 0.316 e. The van der Waals surface area contributed by atoms with Gasteiger partial charge in [0.25, 0.3) is 0 Å². The minimum absolute atomic E-state index is 0.127. The SMILES string of the molecule is CCOC(=O)C1(c2ccccc2)CCN(Cc2c(C#N)c3ccccc3n2C)CC1. The van der Waals surface area contributed by atoms with Gasteiger partial charge in [-0.1, -0.05) is 48.5 Å². The number of esters is 1. The summed E-state index contributed by atoms with van der Waals surface area (Å²) >= 11 is 0. The third-order valence-corrected chi connectivity index (χ3v) is 6.42. The van der Waals surface area contributed by atoms with Gasteiger partial charge < -0.3 is 9.30 Å². The minimum Gasteiger partial charge on any atom is -0.465 e. The molecule has 1 aliphatic heterocycles. The summed E-state index contributed by atoms with van der Waals surface area (Å²) in [6.07, 6.45) is 1.42. The van der Waals surface area contributed by atoms with E-state index in [9.17, 15) is 10.1 Å². The van der Waals surface area contributed by atoms with Gasteiger partial charge in [-0.3, -0.25) is 9.69 Å². The molecule has 0 spiro atoms. The second-order valence-corrected chi connectivity index (χ2v) is 7.95. The second-order valence-electron chi connectivity index (χ2n) is 7.95. The van der Waals surface area contributed by atoms with Crippen LogP contribution in [-0.2, 0) is 28.5 Å². The number of para-hydroxylation sites is 1. The molecule has 154 valence electrons. The Morgan fingerprint density at radius 2 is 1.77 bits per heavy atom. The van der Waals surface area contributed by atoms with E-state index in [0.717, 1.165) is 40.8 Å². The minimum atomic E-state index is -0.593. The number of ether oxygens (including phenoxy) is 1. The topological polar surface area (TPSA) is 58.3 Å². The molecule has 5 nitrogen and oxygen atoms in total. The predicted octanol–water partition coefficient (Wildman–Crippen LogP) is 4.15. The maximum absolute atomic E-state index is 13.0. The van der Waals surface area contributed by atoms with Gasteiger partial charge in [0, 0.05) is 24.5 Å². The summed E-state index contributed by atoms with van der Waals surface area (Å²) in [6.45, 7) is 4.50. The Morgan fingerprint density at radius 3 is 2.43 bits per heavy atom. The lowest BCUT2D eigenvalue weighted by molar-refractivity contribution is -0.152. The highest BCUT2D eigenvalue weighted by molar-refractivity contribution is 5.88. The first-order chi connectivity index (χ1) is 14.6. The molecule has 1 aromatic heterocycles. The third-order valence-electron chi connectivity index (χ3n) is 6.42. The van der Waals surface area contributed by atoms with Gasteiger partial charge in [-0.05, 0) is 44.5 Å². The van der Waals surface area contributed by atoms with E-state index in [1.54, 1.807) is 0 Å². The number of benzene rings is 2. The van der Waals surface area contributed by atoms with Crippen molar-refractivity contribution >= 4 is 16.9 Å². The van der Waals surface area contributed by atoms with Gasteiger partial charge in [0.05, 0.1) is 23.3 Å². The number of aryl methyl sites for hydroxylation is 1. The van der Waals surface area contributed by atoms with E-state index < -0.39 is 5.41 Å². The molecule has 2 heterocycles. The van der Waals surface area contributed by atoms with E-state index in [1.807, 2.05) is 62.5 Å². The van der Waals surface area contributed by atoms with E-state index in [-0.39, 0.29) is 5.97 Å². The molecule has 0 atom stereocenters. The van der Waals surface area contributed by atoms with Crippen LogP contribution < -0.4 is 0 Å². The number of piperidine rings is 1. The van der Waals surface area contributed by atoms with Gasteiger partial charge >= 0.3 is 5.97 Å². The molecule has 0 unspecified atom stereocenters. The lowest BCUT2D eigenvalue weighted by atomic mass is 9.72. The number of nitriles is 1. The first-order valence-corrected chi connectivity index (χ1v) is 10.5. The third kappa shape index (κ3) is 3.38. The molecule has 0 radical (unpaired) electrons. The molecule has 0 bridgehead atoms. The van der Waals surface area contributed by atoms with Gasteiger partial charge in [0.2, 0.25) is 0 Å². The van der Waals surface area contributed by atoms with Crippen LogP contribution in [0.2, 0.25) is 0 Å². The van der Waals surface area contributed by atoms with Gasteiger partial charge in [-0.15, -0.1) is 0 Å². The van der Waals surface area contributed by atoms with Gasteiger partial charge in [0.15, 0.2) is 0 Å². The number of rotatable bonds is 5. The van der Waals surface area contributed by atoms with Gasteiger partial charge in [-0.25, -0.2) is 0 Å². The van der Waals surface area contributed by atoms with Crippen LogP contribution in [0, 0.1) is 11.3 Å². The summed E-state index contributed by atoms with van der Waals surface area (Å²) in [6, 6.07) is 20.4. The van der Waals surface area contributed by atoms with E-state index in [0.29, 0.717) is 26.0 Å². The Hall–Kier alpha value is -3.10. The van der Waals surface area contributed by atoms with Crippen LogP contribution in [0.3, 0.4) is 0 Å². The molecule has 0 aliphatic carbocycles. The predicted molar refractivity (Wildman–Crippen MR) is 117 cm³/mol. The summed E-state index contributed by atoms with van der Waals surface area (Å²) in [5.41, 5.74) is 3.29. The van der Waals surface area contributed by atoms with Crippen molar-refractivity contribution in [3.63, 3.8) is 0 Å². The van der Waals surface area contributed by atoms with Crippen LogP contribution in [-0.4, -0.2) is 35.1 Å². The van der Waals surface area contributed by atoms with Crippen LogP contribution in [0.25, 0.3) is 10.9 Å². The molecule has 3 aromatic rings. The highest BCUT2D eigenvalue weighted by atomic mass is 16.5. The number of carbonyl (C=O) groups excluding carboxylic acids is 1. The van der Waals surface area contributed by atoms with Crippen molar-refractivity contribution in [3.05, 3.63) is 71.4 Å². The molecule has 1 fully saturated rings. The number of hydrogen-bond acceptors (Lipinski definition) is 4. The number of fused-ring (bicyclic) bond motifs is 1. The molecular weight excluding hydrogens is 374 g/mol. The molecule has 30 heavy (non-hydrogen) atoms. The molecule has 1 saturated heterocycles. The largest absolute Gasteiger partial charge is 0.465 e. The first kappa shape index (κ1) is 20.2. The molecule has 0 N–H and O–H groups in total. The van der Waals surface area contributed by atoms with E-state index >= 15 is 0 Å². The Morgan fingerprint density at radius 1 is 1.10 bits per heavy atom. The quantitative estimate of drug-likeness (QED) is 0.603. The average Bonchev–Trinajstić information content (AvgIpc) is 3.06. The second kappa shape index (κ2) is 8.33. The number of nitrogens with zero attached hydrogens (tertiary/aromatic N) is 3. The first-order valence-electron chi connectivity index (χ1n) is 10.5. The Kier molecular flexibility index (Phi) is 5.61.